The molecule has 1 saturated heterocycles. The van der Waals surface area contributed by atoms with E-state index in [-0.39, 0.29) is 11.4 Å². The van der Waals surface area contributed by atoms with E-state index in [1.807, 2.05) is 11.0 Å². The average molecular weight is 385 g/mol. The van der Waals surface area contributed by atoms with E-state index in [1.165, 1.54) is 12.1 Å². The Labute approximate surface area is 162 Å². The quantitative estimate of drug-likeness (QED) is 0.645. The summed E-state index contributed by atoms with van der Waals surface area (Å²) in [5.74, 6) is -0.716. The molecule has 0 saturated carbocycles. The molecule has 0 aliphatic carbocycles. The van der Waals surface area contributed by atoms with Crippen molar-refractivity contribution in [1.29, 1.82) is 5.26 Å². The van der Waals surface area contributed by atoms with E-state index in [9.17, 15) is 14.4 Å². The third-order valence-electron chi connectivity index (χ3n) is 4.28. The highest BCUT2D eigenvalue weighted by Crippen LogP contribution is 2.18. The Balaban J connectivity index is 1.59. The van der Waals surface area contributed by atoms with Crippen molar-refractivity contribution < 1.29 is 9.18 Å². The highest BCUT2D eigenvalue weighted by Gasteiger charge is 2.18. The monoisotopic (exact) mass is 384 g/mol. The maximum atomic E-state index is 13.0. The second kappa shape index (κ2) is 8.56. The molecule has 7 heteroatoms. The molecular formula is C20H18ClFN4O. The minimum absolute atomic E-state index is 0.0418. The smallest absolute Gasteiger partial charge is 0.267 e. The molecule has 0 atom stereocenters. The van der Waals surface area contributed by atoms with Gasteiger partial charge >= 0.3 is 0 Å². The number of benzene rings is 2. The van der Waals surface area contributed by atoms with Crippen LogP contribution in [0.3, 0.4) is 0 Å². The van der Waals surface area contributed by atoms with E-state index >= 15 is 0 Å². The molecule has 0 unspecified atom stereocenters. The molecule has 1 aliphatic heterocycles. The van der Waals surface area contributed by atoms with Crippen LogP contribution in [0.1, 0.15) is 0 Å². The van der Waals surface area contributed by atoms with Gasteiger partial charge in [-0.3, -0.25) is 4.79 Å². The summed E-state index contributed by atoms with van der Waals surface area (Å²) in [5, 5.41) is 12.6. The maximum Gasteiger partial charge on any atom is 0.267 e. The van der Waals surface area contributed by atoms with Gasteiger partial charge in [0.1, 0.15) is 17.5 Å². The summed E-state index contributed by atoms with van der Waals surface area (Å²) < 4.78 is 13.0. The SMILES string of the molecule is N#C/C(=C/N1CCN(c2ccc(F)cc2)CC1)C(=O)Nc1ccc(Cl)cc1. The molecule has 1 aliphatic rings. The van der Waals surface area contributed by atoms with Gasteiger partial charge in [-0.1, -0.05) is 11.6 Å². The summed E-state index contributed by atoms with van der Waals surface area (Å²) in [6.07, 6.45) is 1.59. The van der Waals surface area contributed by atoms with Gasteiger partial charge in [-0.15, -0.1) is 0 Å². The summed E-state index contributed by atoms with van der Waals surface area (Å²) in [4.78, 5) is 16.4. The normalized spacial score (nSPS) is 14.6. The first-order chi connectivity index (χ1) is 13.0. The van der Waals surface area contributed by atoms with Crippen LogP contribution in [-0.2, 0) is 4.79 Å². The van der Waals surface area contributed by atoms with Gasteiger partial charge in [-0.25, -0.2) is 4.39 Å². The standard InChI is InChI=1S/C20H18ClFN4O/c21-16-1-5-18(6-2-16)24-20(27)15(13-23)14-25-9-11-26(12-10-25)19-7-3-17(22)4-8-19/h1-8,14H,9-12H2,(H,24,27)/b15-14-. The van der Waals surface area contributed by atoms with Gasteiger partial charge in [0.2, 0.25) is 0 Å². The predicted octanol–water partition coefficient (Wildman–Crippen LogP) is 3.65. The minimum atomic E-state index is -0.458. The first-order valence-corrected chi connectivity index (χ1v) is 8.86. The van der Waals surface area contributed by atoms with Gasteiger partial charge in [-0.05, 0) is 48.5 Å². The fourth-order valence-electron chi connectivity index (χ4n) is 2.81. The van der Waals surface area contributed by atoms with E-state index < -0.39 is 5.91 Å². The number of nitriles is 1. The third kappa shape index (κ3) is 4.99. The molecule has 2 aromatic carbocycles. The molecular weight excluding hydrogens is 367 g/mol. The Hall–Kier alpha value is -3.04. The fraction of sp³-hybridized carbons (Fsp3) is 0.200. The van der Waals surface area contributed by atoms with Crippen LogP contribution in [0.4, 0.5) is 15.8 Å². The van der Waals surface area contributed by atoms with Crippen molar-refractivity contribution >= 4 is 28.9 Å². The highest BCUT2D eigenvalue weighted by molar-refractivity contribution is 6.30. The van der Waals surface area contributed by atoms with Gasteiger partial charge in [-0.2, -0.15) is 5.26 Å². The van der Waals surface area contributed by atoms with Crippen LogP contribution >= 0.6 is 11.6 Å². The topological polar surface area (TPSA) is 59.4 Å². The fourth-order valence-corrected chi connectivity index (χ4v) is 2.94. The molecule has 1 amide bonds. The number of carbonyl (C=O) groups is 1. The van der Waals surface area contributed by atoms with E-state index in [0.29, 0.717) is 23.8 Å². The Morgan fingerprint density at radius 2 is 1.70 bits per heavy atom. The number of hydrogen-bond acceptors (Lipinski definition) is 4. The Morgan fingerprint density at radius 3 is 2.30 bits per heavy atom. The van der Waals surface area contributed by atoms with Crippen LogP contribution < -0.4 is 10.2 Å². The van der Waals surface area contributed by atoms with Crippen LogP contribution in [0.2, 0.25) is 5.02 Å². The lowest BCUT2D eigenvalue weighted by atomic mass is 10.2. The van der Waals surface area contributed by atoms with Crippen LogP contribution in [0.15, 0.2) is 60.3 Å². The molecule has 0 radical (unpaired) electrons. The first-order valence-electron chi connectivity index (χ1n) is 8.48. The highest BCUT2D eigenvalue weighted by atomic mass is 35.5. The lowest BCUT2D eigenvalue weighted by Gasteiger charge is -2.35. The zero-order valence-corrected chi connectivity index (χ0v) is 15.3. The summed E-state index contributed by atoms with van der Waals surface area (Å²) in [6.45, 7) is 2.77. The van der Waals surface area contributed by atoms with Crippen molar-refractivity contribution in [2.75, 3.05) is 36.4 Å². The molecule has 1 heterocycles. The van der Waals surface area contributed by atoms with E-state index in [1.54, 1.807) is 42.6 Å². The van der Waals surface area contributed by atoms with Gasteiger partial charge in [0.15, 0.2) is 0 Å². The Kier molecular flexibility index (Phi) is 5.94. The number of hydrogen-bond donors (Lipinski definition) is 1. The van der Waals surface area contributed by atoms with Crippen molar-refractivity contribution in [3.63, 3.8) is 0 Å². The van der Waals surface area contributed by atoms with Crippen LogP contribution in [0.25, 0.3) is 0 Å². The minimum Gasteiger partial charge on any atom is -0.373 e. The number of carbonyl (C=O) groups excluding carboxylic acids is 1. The second-order valence-corrected chi connectivity index (χ2v) is 6.55. The number of piperazine rings is 1. The zero-order chi connectivity index (χ0) is 19.2. The number of amides is 1. The Morgan fingerprint density at radius 1 is 1.07 bits per heavy atom. The van der Waals surface area contributed by atoms with Gasteiger partial charge in [0, 0.05) is 48.8 Å². The van der Waals surface area contributed by atoms with Crippen LogP contribution in [0, 0.1) is 17.1 Å². The number of rotatable bonds is 4. The van der Waals surface area contributed by atoms with Crippen LogP contribution in [0.5, 0.6) is 0 Å². The van der Waals surface area contributed by atoms with Crippen molar-refractivity contribution in [2.45, 2.75) is 0 Å². The predicted molar refractivity (Wildman–Crippen MR) is 104 cm³/mol. The second-order valence-electron chi connectivity index (χ2n) is 6.12. The summed E-state index contributed by atoms with van der Waals surface area (Å²) in [7, 11) is 0. The number of nitrogens with one attached hydrogen (secondary N) is 1. The van der Waals surface area contributed by atoms with Gasteiger partial charge in [0.25, 0.3) is 5.91 Å². The molecule has 3 rings (SSSR count). The van der Waals surface area contributed by atoms with Crippen LogP contribution in [-0.4, -0.2) is 37.0 Å². The molecule has 0 spiro atoms. The summed E-state index contributed by atoms with van der Waals surface area (Å²) in [5.41, 5.74) is 1.58. The zero-order valence-electron chi connectivity index (χ0n) is 14.5. The number of anilines is 2. The van der Waals surface area contributed by atoms with E-state index in [4.69, 9.17) is 11.6 Å². The van der Waals surface area contributed by atoms with Crippen molar-refractivity contribution in [3.05, 3.63) is 71.1 Å². The van der Waals surface area contributed by atoms with Gasteiger partial charge in [0.05, 0.1) is 0 Å². The number of nitrogens with zero attached hydrogens (tertiary/aromatic N) is 3. The third-order valence-corrected chi connectivity index (χ3v) is 4.54. The lowest BCUT2D eigenvalue weighted by molar-refractivity contribution is -0.112. The van der Waals surface area contributed by atoms with E-state index in [2.05, 4.69) is 10.2 Å². The Bertz CT molecular complexity index is 866. The average Bonchev–Trinajstić information content (AvgIpc) is 2.69. The molecule has 5 nitrogen and oxygen atoms in total. The molecule has 1 fully saturated rings. The molecule has 0 bridgehead atoms. The van der Waals surface area contributed by atoms with Crippen molar-refractivity contribution in [3.8, 4) is 6.07 Å². The molecule has 1 N–H and O–H groups in total. The number of halogens is 2. The molecule has 27 heavy (non-hydrogen) atoms. The van der Waals surface area contributed by atoms with Crippen molar-refractivity contribution in [1.82, 2.24) is 4.90 Å². The lowest BCUT2D eigenvalue weighted by Crippen LogP contribution is -2.44. The summed E-state index contributed by atoms with van der Waals surface area (Å²) in [6, 6.07) is 15.0. The molecule has 0 aromatic heterocycles. The first kappa shape index (κ1) is 18.7. The van der Waals surface area contributed by atoms with Gasteiger partial charge < -0.3 is 15.1 Å². The van der Waals surface area contributed by atoms with Crippen molar-refractivity contribution in [2.24, 2.45) is 0 Å². The van der Waals surface area contributed by atoms with E-state index in [0.717, 1.165) is 18.8 Å². The molecule has 2 aromatic rings. The largest absolute Gasteiger partial charge is 0.373 e. The maximum absolute atomic E-state index is 13.0. The summed E-state index contributed by atoms with van der Waals surface area (Å²) >= 11 is 5.82. The molecule has 138 valence electrons.